The van der Waals surface area contributed by atoms with Crippen LogP contribution in [0, 0.1) is 0 Å². The summed E-state index contributed by atoms with van der Waals surface area (Å²) in [5.74, 6) is -5.61. The molecule has 3 aliphatic rings. The molecule has 0 fully saturated rings. The second-order valence-electron chi connectivity index (χ2n) is 11.8. The van der Waals surface area contributed by atoms with Gasteiger partial charge in [-0.25, -0.2) is 0 Å². The minimum Gasteiger partial charge on any atom is -0.507 e. The summed E-state index contributed by atoms with van der Waals surface area (Å²) in [4.78, 5) is 73.9. The van der Waals surface area contributed by atoms with Gasteiger partial charge >= 0.3 is 0 Å². The number of carbonyl (C=O) groups is 4. The van der Waals surface area contributed by atoms with E-state index in [0.29, 0.717) is 23.4 Å². The van der Waals surface area contributed by atoms with Gasteiger partial charge in [0.15, 0.2) is 23.1 Å². The molecule has 2 unspecified atom stereocenters. The molecule has 1 spiro atoms. The first-order valence-corrected chi connectivity index (χ1v) is 16.6. The van der Waals surface area contributed by atoms with Crippen molar-refractivity contribution < 1.29 is 39.2 Å². The van der Waals surface area contributed by atoms with Crippen molar-refractivity contribution >= 4 is 51.7 Å². The predicted molar refractivity (Wildman–Crippen MR) is 182 cm³/mol. The number of pyridine rings is 1. The van der Waals surface area contributed by atoms with Gasteiger partial charge in [0.1, 0.15) is 22.7 Å². The number of H-pyrrole nitrogens is 1. The maximum absolute atomic E-state index is 14.9. The monoisotopic (exact) mass is 670 g/mol. The van der Waals surface area contributed by atoms with Crippen LogP contribution in [-0.2, 0) is 10.2 Å². The second kappa shape index (κ2) is 12.3. The number of aromatic nitrogens is 1. The molecule has 1 aromatic heterocycles. The van der Waals surface area contributed by atoms with Crippen LogP contribution in [0.15, 0.2) is 47.3 Å². The van der Waals surface area contributed by atoms with Crippen LogP contribution in [0.5, 0.6) is 17.2 Å². The number of phenols is 3. The summed E-state index contributed by atoms with van der Waals surface area (Å²) in [5, 5.41) is 33.9. The lowest BCUT2D eigenvalue weighted by atomic mass is 9.75. The molecule has 3 aromatic rings. The van der Waals surface area contributed by atoms with Crippen LogP contribution in [0.3, 0.4) is 0 Å². The molecule has 0 saturated heterocycles. The minimum atomic E-state index is -2.29. The van der Waals surface area contributed by atoms with Crippen LogP contribution in [0.2, 0.25) is 0 Å². The number of ketones is 4. The average Bonchev–Trinajstić information content (AvgIpc) is 3.47. The van der Waals surface area contributed by atoms with E-state index >= 15 is 0 Å². The topological polar surface area (TPSA) is 174 Å². The Balaban J connectivity index is 1.65. The minimum absolute atomic E-state index is 0.168. The molecule has 248 valence electrons. The molecule has 0 amide bonds. The third kappa shape index (κ3) is 4.54. The summed E-state index contributed by atoms with van der Waals surface area (Å²) in [6, 6.07) is 3.26. The largest absolute Gasteiger partial charge is 0.507 e. The van der Waals surface area contributed by atoms with E-state index in [4.69, 9.17) is 4.74 Å². The van der Waals surface area contributed by atoms with Crippen molar-refractivity contribution in [3.05, 3.63) is 91.9 Å². The third-order valence-electron chi connectivity index (χ3n) is 9.49. The number of fused-ring (bicyclic) bond motifs is 5. The first-order chi connectivity index (χ1) is 23.0. The third-order valence-corrected chi connectivity index (χ3v) is 10.9. The summed E-state index contributed by atoms with van der Waals surface area (Å²) in [6.07, 6.45) is 7.87. The van der Waals surface area contributed by atoms with E-state index in [0.717, 1.165) is 25.2 Å². The SMILES string of the molecule is C/C=C/C=C/c1cc2cc3c(c(O)c2c(=O)[nH]1)C1(C(=O)c2c(O)c4c(c(O)c2C1=O)C(=O)C=CC4=O)C(SCCN(CC)CC)C3OC. The molecule has 0 bridgehead atoms. The number of allylic oxidation sites excluding steroid dienone is 5. The smallest absolute Gasteiger partial charge is 0.260 e. The number of thioether (sulfide) groups is 1. The van der Waals surface area contributed by atoms with Gasteiger partial charge < -0.3 is 29.9 Å². The maximum atomic E-state index is 14.9. The molecular formula is C36H34N2O9S. The summed E-state index contributed by atoms with van der Waals surface area (Å²) in [5.41, 5.74) is -4.82. The van der Waals surface area contributed by atoms with Crippen LogP contribution in [-0.4, -0.2) is 86.1 Å². The number of ether oxygens (including phenoxy) is 1. The predicted octanol–water partition coefficient (Wildman–Crippen LogP) is 4.63. The van der Waals surface area contributed by atoms with Gasteiger partial charge in [0.2, 0.25) is 0 Å². The highest BCUT2D eigenvalue weighted by Crippen LogP contribution is 2.63. The zero-order chi connectivity index (χ0) is 34.7. The average molecular weight is 671 g/mol. The highest BCUT2D eigenvalue weighted by molar-refractivity contribution is 8.00. The Kier molecular flexibility index (Phi) is 8.52. The van der Waals surface area contributed by atoms with Crippen molar-refractivity contribution in [3.63, 3.8) is 0 Å². The Morgan fingerprint density at radius 3 is 2.04 bits per heavy atom. The van der Waals surface area contributed by atoms with Crippen molar-refractivity contribution in [3.8, 4) is 17.2 Å². The number of hydrogen-bond donors (Lipinski definition) is 4. The number of phenolic OH excluding ortho intramolecular Hbond substituents is 3. The molecule has 4 N–H and O–H groups in total. The van der Waals surface area contributed by atoms with Crippen molar-refractivity contribution in [1.29, 1.82) is 0 Å². The summed E-state index contributed by atoms with van der Waals surface area (Å²) in [6.45, 7) is 7.96. The van der Waals surface area contributed by atoms with E-state index in [1.165, 1.54) is 18.9 Å². The molecule has 2 aromatic carbocycles. The quantitative estimate of drug-likeness (QED) is 0.142. The van der Waals surface area contributed by atoms with Crippen molar-refractivity contribution in [1.82, 2.24) is 9.88 Å². The molecule has 0 radical (unpaired) electrons. The van der Waals surface area contributed by atoms with Crippen molar-refractivity contribution in [2.45, 2.75) is 37.5 Å². The van der Waals surface area contributed by atoms with Crippen LogP contribution >= 0.6 is 11.8 Å². The van der Waals surface area contributed by atoms with Gasteiger partial charge in [0.05, 0.1) is 39.0 Å². The normalized spacial score (nSPS) is 19.5. The number of Topliss-reactive ketones (excluding diaryl/α,β-unsaturated/α-hetero) is 2. The van der Waals surface area contributed by atoms with Gasteiger partial charge in [-0.3, -0.25) is 24.0 Å². The molecular weight excluding hydrogens is 636 g/mol. The highest BCUT2D eigenvalue weighted by atomic mass is 32.2. The molecule has 11 nitrogen and oxygen atoms in total. The lowest BCUT2D eigenvalue weighted by Crippen LogP contribution is -2.46. The fraction of sp³-hybridized carbons (Fsp3) is 0.306. The summed E-state index contributed by atoms with van der Waals surface area (Å²) in [7, 11) is 1.41. The number of aromatic hydroxyl groups is 3. The Hall–Kier alpha value is -4.78. The summed E-state index contributed by atoms with van der Waals surface area (Å²) >= 11 is 1.25. The zero-order valence-electron chi connectivity index (χ0n) is 26.7. The Bertz CT molecular complexity index is 2020. The van der Waals surface area contributed by atoms with E-state index in [2.05, 4.69) is 9.88 Å². The number of nitrogens with zero attached hydrogens (tertiary/aromatic N) is 1. The molecule has 12 heteroatoms. The molecule has 48 heavy (non-hydrogen) atoms. The van der Waals surface area contributed by atoms with Crippen LogP contribution in [0.25, 0.3) is 16.8 Å². The maximum Gasteiger partial charge on any atom is 0.260 e. The number of nitrogens with one attached hydrogen (secondary N) is 1. The summed E-state index contributed by atoms with van der Waals surface area (Å²) < 4.78 is 5.98. The number of rotatable bonds is 9. The van der Waals surface area contributed by atoms with Crippen LogP contribution < -0.4 is 5.56 Å². The Morgan fingerprint density at radius 2 is 1.50 bits per heavy atom. The molecule has 0 aliphatic heterocycles. The number of hydrogen-bond acceptors (Lipinski definition) is 11. The van der Waals surface area contributed by atoms with Gasteiger partial charge in [-0.05, 0) is 61.3 Å². The number of methoxy groups -OCH3 is 1. The molecule has 3 aliphatic carbocycles. The van der Waals surface area contributed by atoms with Crippen molar-refractivity contribution in [2.24, 2.45) is 0 Å². The number of aromatic amines is 1. The fourth-order valence-electron chi connectivity index (χ4n) is 7.25. The van der Waals surface area contributed by atoms with E-state index < -0.39 is 85.0 Å². The second-order valence-corrected chi connectivity index (χ2v) is 13.0. The molecule has 2 atom stereocenters. The number of benzene rings is 2. The first kappa shape index (κ1) is 33.1. The van der Waals surface area contributed by atoms with Crippen molar-refractivity contribution in [2.75, 3.05) is 32.5 Å². The van der Waals surface area contributed by atoms with Gasteiger partial charge in [0.25, 0.3) is 5.56 Å². The van der Waals surface area contributed by atoms with E-state index in [-0.39, 0.29) is 16.5 Å². The zero-order valence-corrected chi connectivity index (χ0v) is 27.6. The van der Waals surface area contributed by atoms with E-state index in [1.54, 1.807) is 30.4 Å². The first-order valence-electron chi connectivity index (χ1n) is 15.6. The van der Waals surface area contributed by atoms with Gasteiger partial charge in [0, 0.05) is 30.7 Å². The fourth-order valence-corrected chi connectivity index (χ4v) is 8.88. The lowest BCUT2D eigenvalue weighted by molar-refractivity contribution is 0.0674. The van der Waals surface area contributed by atoms with Crippen LogP contribution in [0.1, 0.15) is 85.1 Å². The number of carbonyl (C=O) groups excluding carboxylic acids is 4. The Labute approximate surface area is 279 Å². The standard InChI is InChI=1S/C36H34N2O9S/c1-5-8-9-10-18-15-17-16-19-27(30(43)22(17)35(46)37-18)36(34(31(19)47-4)48-14-13-38(6-2)7-3)32(44)25-26(33(36)45)29(42)24-21(40)12-11-20(39)23(24)28(25)41/h5,8-12,15-16,31,34,41-43H,6-7,13-14H2,1-4H3,(H,37,46)/b8-5+,10-9+. The molecule has 6 rings (SSSR count). The van der Waals surface area contributed by atoms with E-state index in [1.807, 2.05) is 26.8 Å². The van der Waals surface area contributed by atoms with Gasteiger partial charge in [-0.15, -0.1) is 0 Å². The van der Waals surface area contributed by atoms with E-state index in [9.17, 15) is 39.3 Å². The highest BCUT2D eigenvalue weighted by Gasteiger charge is 2.69. The van der Waals surface area contributed by atoms with Gasteiger partial charge in [-0.2, -0.15) is 11.8 Å². The van der Waals surface area contributed by atoms with Crippen LogP contribution in [0.4, 0.5) is 0 Å². The van der Waals surface area contributed by atoms with Gasteiger partial charge in [-0.1, -0.05) is 32.1 Å². The Morgan fingerprint density at radius 1 is 0.896 bits per heavy atom. The molecule has 0 saturated carbocycles. The molecule has 1 heterocycles. The lowest BCUT2D eigenvalue weighted by Gasteiger charge is -2.32.